The van der Waals surface area contributed by atoms with Gasteiger partial charge in [0, 0.05) is 30.6 Å². The number of carbonyl (C=O) groups is 1. The summed E-state index contributed by atoms with van der Waals surface area (Å²) in [6, 6.07) is 4.89. The molecule has 0 aliphatic carbocycles. The zero-order valence-electron chi connectivity index (χ0n) is 17.2. The Labute approximate surface area is 171 Å². The van der Waals surface area contributed by atoms with Crippen molar-refractivity contribution in [1.29, 1.82) is 0 Å². The van der Waals surface area contributed by atoms with E-state index in [4.69, 9.17) is 9.26 Å². The van der Waals surface area contributed by atoms with Gasteiger partial charge in [-0.3, -0.25) is 4.79 Å². The Balaban J connectivity index is 1.82. The van der Waals surface area contributed by atoms with Gasteiger partial charge in [-0.05, 0) is 44.9 Å². The third-order valence-corrected chi connectivity index (χ3v) is 7.19. The van der Waals surface area contributed by atoms with Crippen LogP contribution in [0.25, 0.3) is 11.3 Å². The van der Waals surface area contributed by atoms with Crippen molar-refractivity contribution in [2.24, 2.45) is 0 Å². The van der Waals surface area contributed by atoms with Crippen LogP contribution in [0.2, 0.25) is 0 Å². The highest BCUT2D eigenvalue weighted by Crippen LogP contribution is 2.33. The van der Waals surface area contributed by atoms with Crippen molar-refractivity contribution in [3.8, 4) is 17.1 Å². The van der Waals surface area contributed by atoms with Crippen molar-refractivity contribution in [3.05, 3.63) is 29.5 Å². The lowest BCUT2D eigenvalue weighted by atomic mass is 10.1. The fourth-order valence-electron chi connectivity index (χ4n) is 3.56. The summed E-state index contributed by atoms with van der Waals surface area (Å²) in [6.45, 7) is 5.13. The Morgan fingerprint density at radius 1 is 1.17 bits per heavy atom. The van der Waals surface area contributed by atoms with E-state index in [9.17, 15) is 13.2 Å². The predicted octanol–water partition coefficient (Wildman–Crippen LogP) is 3.53. The Hall–Kier alpha value is -2.35. The number of amides is 1. The number of rotatable bonds is 6. The smallest absolute Gasteiger partial charge is 0.223 e. The molecular weight excluding hydrogens is 392 g/mol. The van der Waals surface area contributed by atoms with Gasteiger partial charge in [-0.25, -0.2) is 8.42 Å². The monoisotopic (exact) mass is 420 g/mol. The average Bonchev–Trinajstić information content (AvgIpc) is 2.92. The molecule has 1 aromatic heterocycles. The second-order valence-corrected chi connectivity index (χ2v) is 9.53. The van der Waals surface area contributed by atoms with E-state index in [1.165, 1.54) is 13.2 Å². The molecule has 1 saturated heterocycles. The van der Waals surface area contributed by atoms with Crippen molar-refractivity contribution in [2.45, 2.75) is 50.8 Å². The molecule has 1 aliphatic rings. The van der Waals surface area contributed by atoms with Crippen molar-refractivity contribution in [3.63, 3.8) is 0 Å². The molecule has 0 bridgehead atoms. The molecule has 1 fully saturated rings. The molecule has 0 atom stereocenters. The van der Waals surface area contributed by atoms with Crippen LogP contribution < -0.4 is 4.74 Å². The number of hydrogen-bond donors (Lipinski definition) is 0. The molecule has 1 amide bonds. The molecule has 0 saturated carbocycles. The predicted molar refractivity (Wildman–Crippen MR) is 110 cm³/mol. The molecule has 0 spiro atoms. The number of ether oxygens (including phenoxy) is 1. The van der Waals surface area contributed by atoms with Crippen LogP contribution in [0.5, 0.6) is 5.75 Å². The third kappa shape index (κ3) is 4.80. The Bertz CT molecular complexity index is 973. The SMILES string of the molecule is COc1ccc(-c2onc(C)c2C)cc1S(=O)(=O)CCC(=O)N1CCCCCC1. The Kier molecular flexibility index (Phi) is 6.62. The maximum Gasteiger partial charge on any atom is 0.223 e. The van der Waals surface area contributed by atoms with Crippen molar-refractivity contribution in [2.75, 3.05) is 26.0 Å². The number of hydrogen-bond acceptors (Lipinski definition) is 6. The summed E-state index contributed by atoms with van der Waals surface area (Å²) in [5.41, 5.74) is 2.22. The summed E-state index contributed by atoms with van der Waals surface area (Å²) < 4.78 is 36.7. The minimum atomic E-state index is -3.72. The highest BCUT2D eigenvalue weighted by Gasteiger charge is 2.25. The molecule has 158 valence electrons. The minimum absolute atomic E-state index is 0.0316. The number of carbonyl (C=O) groups excluding carboxylic acids is 1. The van der Waals surface area contributed by atoms with Gasteiger partial charge < -0.3 is 14.2 Å². The van der Waals surface area contributed by atoms with Gasteiger partial charge in [0.1, 0.15) is 10.6 Å². The van der Waals surface area contributed by atoms with Crippen LogP contribution in [0.15, 0.2) is 27.6 Å². The summed E-state index contributed by atoms with van der Waals surface area (Å²) >= 11 is 0. The van der Waals surface area contributed by atoms with E-state index >= 15 is 0 Å². The largest absolute Gasteiger partial charge is 0.495 e. The first-order chi connectivity index (χ1) is 13.8. The number of aryl methyl sites for hydroxylation is 1. The number of sulfone groups is 1. The van der Waals surface area contributed by atoms with Crippen LogP contribution in [0.3, 0.4) is 0 Å². The molecule has 2 aromatic rings. The molecule has 7 nitrogen and oxygen atoms in total. The summed E-state index contributed by atoms with van der Waals surface area (Å²) in [6.07, 6.45) is 4.16. The topological polar surface area (TPSA) is 89.7 Å². The van der Waals surface area contributed by atoms with Crippen LogP contribution in [-0.2, 0) is 14.6 Å². The van der Waals surface area contributed by atoms with E-state index in [1.807, 2.05) is 13.8 Å². The lowest BCUT2D eigenvalue weighted by Gasteiger charge is -2.20. The molecule has 1 aliphatic heterocycles. The number of aromatic nitrogens is 1. The summed E-state index contributed by atoms with van der Waals surface area (Å²) in [5, 5.41) is 3.94. The Morgan fingerprint density at radius 2 is 1.86 bits per heavy atom. The molecule has 0 unspecified atom stereocenters. The number of nitrogens with zero attached hydrogens (tertiary/aromatic N) is 2. The van der Waals surface area contributed by atoms with Crippen molar-refractivity contribution >= 4 is 15.7 Å². The van der Waals surface area contributed by atoms with Crippen molar-refractivity contribution < 1.29 is 22.5 Å². The zero-order valence-corrected chi connectivity index (χ0v) is 18.0. The molecular formula is C21H28N2O5S. The van der Waals surface area contributed by atoms with E-state index < -0.39 is 9.84 Å². The van der Waals surface area contributed by atoms with Gasteiger partial charge in [0.2, 0.25) is 5.91 Å². The van der Waals surface area contributed by atoms with E-state index in [2.05, 4.69) is 5.16 Å². The fraction of sp³-hybridized carbons (Fsp3) is 0.524. The first-order valence-corrected chi connectivity index (χ1v) is 11.6. The second-order valence-electron chi connectivity index (χ2n) is 7.45. The molecule has 0 N–H and O–H groups in total. The molecule has 2 heterocycles. The first-order valence-electron chi connectivity index (χ1n) is 9.95. The molecule has 1 aromatic carbocycles. The summed E-state index contributed by atoms with van der Waals surface area (Å²) in [5.74, 6) is 0.427. The van der Waals surface area contributed by atoms with E-state index in [-0.39, 0.29) is 28.7 Å². The van der Waals surface area contributed by atoms with Crippen LogP contribution in [-0.4, -0.2) is 50.3 Å². The molecule has 29 heavy (non-hydrogen) atoms. The number of methoxy groups -OCH3 is 1. The standard InChI is InChI=1S/C21H28N2O5S/c1-15-16(2)22-28-21(15)17-8-9-18(27-3)19(14-17)29(25,26)13-10-20(24)23-11-6-4-5-7-12-23/h8-9,14H,4-7,10-13H2,1-3H3. The van der Waals surface area contributed by atoms with Crippen LogP contribution in [0.4, 0.5) is 0 Å². The molecule has 3 rings (SSSR count). The van der Waals surface area contributed by atoms with Crippen LogP contribution >= 0.6 is 0 Å². The van der Waals surface area contributed by atoms with Crippen molar-refractivity contribution in [1.82, 2.24) is 10.1 Å². The van der Waals surface area contributed by atoms with E-state index in [0.717, 1.165) is 36.9 Å². The quantitative estimate of drug-likeness (QED) is 0.710. The number of likely N-dealkylation sites (tertiary alicyclic amines) is 1. The van der Waals surface area contributed by atoms with Gasteiger partial charge in [0.15, 0.2) is 15.6 Å². The summed E-state index contributed by atoms with van der Waals surface area (Å²) in [4.78, 5) is 14.4. The van der Waals surface area contributed by atoms with Gasteiger partial charge in [0.25, 0.3) is 0 Å². The third-order valence-electron chi connectivity index (χ3n) is 5.46. The summed E-state index contributed by atoms with van der Waals surface area (Å²) in [7, 11) is -2.29. The van der Waals surface area contributed by atoms with Gasteiger partial charge in [-0.15, -0.1) is 0 Å². The van der Waals surface area contributed by atoms with Gasteiger partial charge >= 0.3 is 0 Å². The first kappa shape index (κ1) is 21.4. The lowest BCUT2D eigenvalue weighted by Crippen LogP contribution is -2.33. The fourth-order valence-corrected chi connectivity index (χ4v) is 4.98. The second kappa shape index (κ2) is 8.98. The maximum atomic E-state index is 13.0. The van der Waals surface area contributed by atoms with E-state index in [0.29, 0.717) is 24.4 Å². The van der Waals surface area contributed by atoms with Crippen LogP contribution in [0.1, 0.15) is 43.4 Å². The van der Waals surface area contributed by atoms with Crippen LogP contribution in [0, 0.1) is 13.8 Å². The Morgan fingerprint density at radius 3 is 2.45 bits per heavy atom. The van der Waals surface area contributed by atoms with Gasteiger partial charge in [0.05, 0.1) is 18.6 Å². The van der Waals surface area contributed by atoms with Gasteiger partial charge in [-0.1, -0.05) is 18.0 Å². The number of benzene rings is 1. The maximum absolute atomic E-state index is 13.0. The molecule has 0 radical (unpaired) electrons. The van der Waals surface area contributed by atoms with Gasteiger partial charge in [-0.2, -0.15) is 0 Å². The minimum Gasteiger partial charge on any atom is -0.495 e. The highest BCUT2D eigenvalue weighted by atomic mass is 32.2. The highest BCUT2D eigenvalue weighted by molar-refractivity contribution is 7.91. The molecule has 8 heteroatoms. The lowest BCUT2D eigenvalue weighted by molar-refractivity contribution is -0.130. The van der Waals surface area contributed by atoms with E-state index in [1.54, 1.807) is 17.0 Å². The average molecular weight is 421 g/mol. The normalized spacial score (nSPS) is 15.2. The zero-order chi connectivity index (χ0) is 21.0.